The van der Waals surface area contributed by atoms with E-state index in [2.05, 4.69) is 0 Å². The minimum Gasteiger partial charge on any atom is -0.479 e. The molecule has 1 N–H and O–H groups in total. The Kier molecular flexibility index (Phi) is 4.19. The first-order chi connectivity index (χ1) is 11.7. The molecule has 0 aromatic heterocycles. The number of hydrogen-bond acceptors (Lipinski definition) is 3. The third-order valence-electron chi connectivity index (χ3n) is 4.58. The lowest BCUT2D eigenvalue weighted by atomic mass is 9.86. The number of aliphatic carboxylic acids is 1. The van der Waals surface area contributed by atoms with E-state index < -0.39 is 23.2 Å². The predicted molar refractivity (Wildman–Crippen MR) is 95.4 cm³/mol. The smallest absolute Gasteiger partial charge is 0.411 e. The molecule has 5 nitrogen and oxygen atoms in total. The molecule has 1 atom stereocenters. The molecule has 1 aliphatic heterocycles. The van der Waals surface area contributed by atoms with E-state index in [0.29, 0.717) is 24.9 Å². The second-order valence-electron chi connectivity index (χ2n) is 7.46. The molecule has 1 aliphatic rings. The van der Waals surface area contributed by atoms with E-state index in [4.69, 9.17) is 4.74 Å². The Balaban J connectivity index is 2.08. The van der Waals surface area contributed by atoms with Crippen molar-refractivity contribution < 1.29 is 19.4 Å². The first kappa shape index (κ1) is 17.3. The Morgan fingerprint density at radius 1 is 1.12 bits per heavy atom. The average Bonchev–Trinajstić information content (AvgIpc) is 2.99. The van der Waals surface area contributed by atoms with Gasteiger partial charge in [-0.15, -0.1) is 0 Å². The molecule has 5 heteroatoms. The number of carbonyl (C=O) groups is 2. The summed E-state index contributed by atoms with van der Waals surface area (Å²) in [5, 5.41) is 12.0. The Morgan fingerprint density at radius 2 is 1.80 bits per heavy atom. The van der Waals surface area contributed by atoms with Crippen LogP contribution in [0.2, 0.25) is 0 Å². The van der Waals surface area contributed by atoms with Gasteiger partial charge in [-0.05, 0) is 56.0 Å². The van der Waals surface area contributed by atoms with Gasteiger partial charge in [0.05, 0.1) is 0 Å². The molecule has 25 heavy (non-hydrogen) atoms. The number of nitrogens with zero attached hydrogens (tertiary/aromatic N) is 1. The molecule has 1 fully saturated rings. The number of rotatable bonds is 2. The van der Waals surface area contributed by atoms with Crippen LogP contribution in [-0.4, -0.2) is 34.2 Å². The number of ether oxygens (including phenoxy) is 1. The van der Waals surface area contributed by atoms with E-state index in [1.165, 1.54) is 4.90 Å². The van der Waals surface area contributed by atoms with Gasteiger partial charge >= 0.3 is 12.1 Å². The van der Waals surface area contributed by atoms with E-state index in [9.17, 15) is 14.7 Å². The zero-order valence-electron chi connectivity index (χ0n) is 14.8. The number of benzene rings is 2. The van der Waals surface area contributed by atoms with Crippen LogP contribution in [0, 0.1) is 0 Å². The van der Waals surface area contributed by atoms with Crippen molar-refractivity contribution in [3.8, 4) is 0 Å². The number of carboxylic acids is 1. The largest absolute Gasteiger partial charge is 0.479 e. The molecule has 0 unspecified atom stereocenters. The molecule has 0 bridgehead atoms. The Hall–Kier alpha value is -2.56. The van der Waals surface area contributed by atoms with Gasteiger partial charge in [-0.3, -0.25) is 4.90 Å². The molecule has 1 amide bonds. The van der Waals surface area contributed by atoms with Crippen LogP contribution >= 0.6 is 0 Å². The van der Waals surface area contributed by atoms with E-state index >= 15 is 0 Å². The maximum Gasteiger partial charge on any atom is 0.411 e. The Bertz CT molecular complexity index is 824. The average molecular weight is 341 g/mol. The van der Waals surface area contributed by atoms with Crippen molar-refractivity contribution in [3.63, 3.8) is 0 Å². The van der Waals surface area contributed by atoms with Crippen LogP contribution in [0.4, 0.5) is 4.79 Å². The molecule has 1 saturated heterocycles. The summed E-state index contributed by atoms with van der Waals surface area (Å²) in [4.78, 5) is 26.3. The van der Waals surface area contributed by atoms with E-state index in [0.717, 1.165) is 10.8 Å². The van der Waals surface area contributed by atoms with Crippen molar-refractivity contribution in [1.29, 1.82) is 0 Å². The van der Waals surface area contributed by atoms with Crippen LogP contribution in [0.25, 0.3) is 10.8 Å². The fourth-order valence-corrected chi connectivity index (χ4v) is 3.48. The molecule has 0 saturated carbocycles. The molecule has 2 aromatic carbocycles. The number of carboxylic acid groups (broad SMARTS) is 1. The zero-order valence-corrected chi connectivity index (χ0v) is 14.8. The summed E-state index contributed by atoms with van der Waals surface area (Å²) in [5.74, 6) is -1.02. The monoisotopic (exact) mass is 341 g/mol. The molecule has 1 heterocycles. The highest BCUT2D eigenvalue weighted by atomic mass is 16.6. The molecule has 132 valence electrons. The molecule has 0 radical (unpaired) electrons. The highest BCUT2D eigenvalue weighted by molar-refractivity contribution is 5.90. The molecular weight excluding hydrogens is 318 g/mol. The SMILES string of the molecule is CC(C)(C)OC(=O)N1CCC[C@@]1(C(=O)O)c1ccc2ccccc2c1. The maximum atomic E-state index is 12.7. The number of hydrogen-bond donors (Lipinski definition) is 1. The molecule has 2 aromatic rings. The van der Waals surface area contributed by atoms with Gasteiger partial charge in [-0.25, -0.2) is 9.59 Å². The van der Waals surface area contributed by atoms with Gasteiger partial charge in [0.25, 0.3) is 0 Å². The predicted octanol–water partition coefficient (Wildman–Crippen LogP) is 4.15. The fourth-order valence-electron chi connectivity index (χ4n) is 3.48. The molecular formula is C20H23NO4. The van der Waals surface area contributed by atoms with Crippen LogP contribution in [-0.2, 0) is 15.1 Å². The minimum atomic E-state index is -1.38. The second kappa shape index (κ2) is 6.06. The summed E-state index contributed by atoms with van der Waals surface area (Å²) in [6.45, 7) is 5.70. The Labute approximate surface area is 147 Å². The fraction of sp³-hybridized carbons (Fsp3) is 0.400. The lowest BCUT2D eigenvalue weighted by Crippen LogP contribution is -2.52. The topological polar surface area (TPSA) is 66.8 Å². The first-order valence-electron chi connectivity index (χ1n) is 8.47. The highest BCUT2D eigenvalue weighted by Gasteiger charge is 2.52. The van der Waals surface area contributed by atoms with Crippen LogP contribution in [0.5, 0.6) is 0 Å². The van der Waals surface area contributed by atoms with E-state index in [-0.39, 0.29) is 0 Å². The standard InChI is InChI=1S/C20H23NO4/c1-19(2,3)25-18(24)21-12-6-11-20(21,17(22)23)16-10-9-14-7-4-5-8-15(14)13-16/h4-5,7-10,13H,6,11-12H2,1-3H3,(H,22,23)/t20-/m0/s1. The third-order valence-corrected chi connectivity index (χ3v) is 4.58. The third kappa shape index (κ3) is 3.06. The van der Waals surface area contributed by atoms with Crippen molar-refractivity contribution in [2.24, 2.45) is 0 Å². The van der Waals surface area contributed by atoms with Crippen molar-refractivity contribution >= 4 is 22.8 Å². The summed E-state index contributed by atoms with van der Waals surface area (Å²) in [6, 6.07) is 13.4. The van der Waals surface area contributed by atoms with Crippen LogP contribution in [0.15, 0.2) is 42.5 Å². The number of amides is 1. The summed E-state index contributed by atoms with van der Waals surface area (Å²) in [7, 11) is 0. The van der Waals surface area contributed by atoms with Gasteiger partial charge in [0.15, 0.2) is 5.54 Å². The molecule has 0 spiro atoms. The summed E-state index contributed by atoms with van der Waals surface area (Å²) < 4.78 is 5.46. The van der Waals surface area contributed by atoms with E-state index in [1.807, 2.05) is 36.4 Å². The van der Waals surface area contributed by atoms with Gasteiger partial charge in [-0.1, -0.05) is 36.4 Å². The van der Waals surface area contributed by atoms with Crippen LogP contribution in [0.1, 0.15) is 39.2 Å². The van der Waals surface area contributed by atoms with Gasteiger partial charge in [0.1, 0.15) is 5.60 Å². The van der Waals surface area contributed by atoms with Crippen molar-refractivity contribution in [2.45, 2.75) is 44.8 Å². The lowest BCUT2D eigenvalue weighted by molar-refractivity contribution is -0.150. The van der Waals surface area contributed by atoms with E-state index in [1.54, 1.807) is 26.8 Å². The second-order valence-corrected chi connectivity index (χ2v) is 7.46. The molecule has 0 aliphatic carbocycles. The summed E-state index contributed by atoms with van der Waals surface area (Å²) in [5.41, 5.74) is -1.44. The van der Waals surface area contributed by atoms with Crippen molar-refractivity contribution in [1.82, 2.24) is 4.90 Å². The van der Waals surface area contributed by atoms with Crippen molar-refractivity contribution in [3.05, 3.63) is 48.0 Å². The number of fused-ring (bicyclic) bond motifs is 1. The Morgan fingerprint density at radius 3 is 2.44 bits per heavy atom. The highest BCUT2D eigenvalue weighted by Crippen LogP contribution is 2.41. The lowest BCUT2D eigenvalue weighted by Gasteiger charge is -2.36. The maximum absolute atomic E-state index is 12.7. The summed E-state index contributed by atoms with van der Waals surface area (Å²) in [6.07, 6.45) is 0.415. The minimum absolute atomic E-state index is 0.369. The van der Waals surface area contributed by atoms with Crippen molar-refractivity contribution in [2.75, 3.05) is 6.54 Å². The van der Waals surface area contributed by atoms with Gasteiger partial charge in [-0.2, -0.15) is 0 Å². The molecule has 3 rings (SSSR count). The van der Waals surface area contributed by atoms with Crippen LogP contribution in [0.3, 0.4) is 0 Å². The van der Waals surface area contributed by atoms with Crippen LogP contribution < -0.4 is 0 Å². The zero-order chi connectivity index (χ0) is 18.2. The quantitative estimate of drug-likeness (QED) is 0.891. The first-order valence-corrected chi connectivity index (χ1v) is 8.47. The normalized spacial score (nSPS) is 20.7. The van der Waals surface area contributed by atoms with Gasteiger partial charge in [0.2, 0.25) is 0 Å². The van der Waals surface area contributed by atoms with Gasteiger partial charge in [0, 0.05) is 6.54 Å². The number of carbonyl (C=O) groups excluding carboxylic acids is 1. The van der Waals surface area contributed by atoms with Gasteiger partial charge < -0.3 is 9.84 Å². The summed E-state index contributed by atoms with van der Waals surface area (Å²) >= 11 is 0. The number of likely N-dealkylation sites (tertiary alicyclic amines) is 1.